The molecule has 0 saturated carbocycles. The summed E-state index contributed by atoms with van der Waals surface area (Å²) >= 11 is 5.82. The number of benzene rings is 2. The summed E-state index contributed by atoms with van der Waals surface area (Å²) in [4.78, 5) is 12.1. The van der Waals surface area contributed by atoms with Gasteiger partial charge in [0.15, 0.2) is 0 Å². The highest BCUT2D eigenvalue weighted by molar-refractivity contribution is 6.30. The molecule has 0 heterocycles. The van der Waals surface area contributed by atoms with Crippen molar-refractivity contribution in [3.8, 4) is 11.5 Å². The molecule has 0 aliphatic carbocycles. The van der Waals surface area contributed by atoms with Crippen LogP contribution in [0.2, 0.25) is 5.02 Å². The number of halogens is 1. The van der Waals surface area contributed by atoms with Crippen LogP contribution in [-0.4, -0.2) is 20.1 Å². The Morgan fingerprint density at radius 2 is 1.81 bits per heavy atom. The minimum atomic E-state index is -0.124. The third-order valence-corrected chi connectivity index (χ3v) is 3.21. The highest BCUT2D eigenvalue weighted by Gasteiger charge is 2.09. The highest BCUT2D eigenvalue weighted by Crippen LogP contribution is 2.29. The van der Waals surface area contributed by atoms with Crippen LogP contribution in [0, 0.1) is 0 Å². The third-order valence-electron chi connectivity index (χ3n) is 2.96. The lowest BCUT2D eigenvalue weighted by atomic mass is 10.1. The Morgan fingerprint density at radius 1 is 1.10 bits per heavy atom. The summed E-state index contributed by atoms with van der Waals surface area (Å²) in [5.41, 5.74) is 1.50. The molecule has 0 unspecified atom stereocenters. The normalized spacial score (nSPS) is 10.0. The van der Waals surface area contributed by atoms with Crippen molar-refractivity contribution in [3.63, 3.8) is 0 Å². The van der Waals surface area contributed by atoms with Gasteiger partial charge in [0.2, 0.25) is 5.91 Å². The highest BCUT2D eigenvalue weighted by atomic mass is 35.5. The molecule has 1 N–H and O–H groups in total. The van der Waals surface area contributed by atoms with Gasteiger partial charge in [0.05, 0.1) is 26.3 Å². The van der Waals surface area contributed by atoms with Gasteiger partial charge < -0.3 is 14.8 Å². The van der Waals surface area contributed by atoms with Crippen LogP contribution in [0.25, 0.3) is 0 Å². The first-order valence-electron chi connectivity index (χ1n) is 6.38. The Hall–Kier alpha value is -2.20. The average molecular weight is 306 g/mol. The van der Waals surface area contributed by atoms with E-state index >= 15 is 0 Å². The van der Waals surface area contributed by atoms with Gasteiger partial charge in [-0.1, -0.05) is 23.7 Å². The van der Waals surface area contributed by atoms with Crippen LogP contribution in [0.5, 0.6) is 11.5 Å². The smallest absolute Gasteiger partial charge is 0.228 e. The van der Waals surface area contributed by atoms with Gasteiger partial charge in [-0.05, 0) is 29.8 Å². The van der Waals surface area contributed by atoms with E-state index in [1.165, 1.54) is 0 Å². The number of amides is 1. The molecular weight excluding hydrogens is 290 g/mol. The zero-order chi connectivity index (χ0) is 15.2. The minimum absolute atomic E-state index is 0.124. The summed E-state index contributed by atoms with van der Waals surface area (Å²) < 4.78 is 10.4. The fourth-order valence-corrected chi connectivity index (χ4v) is 2.01. The summed E-state index contributed by atoms with van der Waals surface area (Å²) in [5.74, 6) is 1.10. The van der Waals surface area contributed by atoms with Crippen molar-refractivity contribution in [1.29, 1.82) is 0 Å². The van der Waals surface area contributed by atoms with Gasteiger partial charge in [0.25, 0.3) is 0 Å². The monoisotopic (exact) mass is 305 g/mol. The molecule has 0 bridgehead atoms. The van der Waals surface area contributed by atoms with Crippen molar-refractivity contribution in [2.24, 2.45) is 0 Å². The molecule has 21 heavy (non-hydrogen) atoms. The van der Waals surface area contributed by atoms with Gasteiger partial charge in [0.1, 0.15) is 11.5 Å². The molecule has 1 amide bonds. The molecule has 0 radical (unpaired) electrons. The van der Waals surface area contributed by atoms with Crippen molar-refractivity contribution in [2.45, 2.75) is 6.42 Å². The summed E-state index contributed by atoms with van der Waals surface area (Å²) in [7, 11) is 3.12. The second kappa shape index (κ2) is 6.99. The molecule has 5 heteroatoms. The number of carbonyl (C=O) groups is 1. The maximum atomic E-state index is 12.1. The zero-order valence-corrected chi connectivity index (χ0v) is 12.6. The van der Waals surface area contributed by atoms with Crippen molar-refractivity contribution in [2.75, 3.05) is 19.5 Å². The molecular formula is C16H16ClNO3. The third kappa shape index (κ3) is 4.13. The van der Waals surface area contributed by atoms with E-state index in [9.17, 15) is 4.79 Å². The largest absolute Gasteiger partial charge is 0.497 e. The summed E-state index contributed by atoms with van der Waals surface area (Å²) in [6, 6.07) is 12.4. The van der Waals surface area contributed by atoms with E-state index in [2.05, 4.69) is 5.32 Å². The quantitative estimate of drug-likeness (QED) is 0.919. The van der Waals surface area contributed by atoms with E-state index in [-0.39, 0.29) is 12.3 Å². The maximum absolute atomic E-state index is 12.1. The van der Waals surface area contributed by atoms with Crippen LogP contribution >= 0.6 is 11.6 Å². The van der Waals surface area contributed by atoms with Crippen LogP contribution in [-0.2, 0) is 11.2 Å². The van der Waals surface area contributed by atoms with E-state index in [0.29, 0.717) is 22.2 Å². The van der Waals surface area contributed by atoms with Crippen LogP contribution in [0.15, 0.2) is 42.5 Å². The van der Waals surface area contributed by atoms with Gasteiger partial charge in [-0.2, -0.15) is 0 Å². The summed E-state index contributed by atoms with van der Waals surface area (Å²) in [6.07, 6.45) is 0.270. The number of hydrogen-bond acceptors (Lipinski definition) is 3. The standard InChI is InChI=1S/C16H16ClNO3/c1-20-13-7-8-14(15(10-13)21-2)18-16(19)9-11-3-5-12(17)6-4-11/h3-8,10H,9H2,1-2H3,(H,18,19). The molecule has 0 saturated heterocycles. The fraction of sp³-hybridized carbons (Fsp3) is 0.188. The molecule has 110 valence electrons. The topological polar surface area (TPSA) is 47.6 Å². The Labute approximate surface area is 128 Å². The van der Waals surface area contributed by atoms with Crippen molar-refractivity contribution in [3.05, 3.63) is 53.1 Å². The van der Waals surface area contributed by atoms with Crippen LogP contribution in [0.3, 0.4) is 0 Å². The van der Waals surface area contributed by atoms with Gasteiger partial charge in [0, 0.05) is 11.1 Å². The molecule has 4 nitrogen and oxygen atoms in total. The first-order valence-corrected chi connectivity index (χ1v) is 6.76. The number of hydrogen-bond donors (Lipinski definition) is 1. The van der Waals surface area contributed by atoms with Gasteiger partial charge in [-0.15, -0.1) is 0 Å². The number of carbonyl (C=O) groups excluding carboxylic acids is 1. The first-order chi connectivity index (χ1) is 10.1. The van der Waals surface area contributed by atoms with Crippen molar-refractivity contribution in [1.82, 2.24) is 0 Å². The number of ether oxygens (including phenoxy) is 2. The Balaban J connectivity index is 2.07. The number of nitrogens with one attached hydrogen (secondary N) is 1. The average Bonchev–Trinajstić information content (AvgIpc) is 2.50. The summed E-state index contributed by atoms with van der Waals surface area (Å²) in [6.45, 7) is 0. The molecule has 2 aromatic rings. The maximum Gasteiger partial charge on any atom is 0.228 e. The number of methoxy groups -OCH3 is 2. The van der Waals surface area contributed by atoms with Gasteiger partial charge in [-0.25, -0.2) is 0 Å². The van der Waals surface area contributed by atoms with Crippen LogP contribution in [0.1, 0.15) is 5.56 Å². The Kier molecular flexibility index (Phi) is 5.06. The first kappa shape index (κ1) is 15.2. The fourth-order valence-electron chi connectivity index (χ4n) is 1.88. The lowest BCUT2D eigenvalue weighted by molar-refractivity contribution is -0.115. The second-order valence-corrected chi connectivity index (χ2v) is 4.85. The minimum Gasteiger partial charge on any atom is -0.497 e. The van der Waals surface area contributed by atoms with Crippen LogP contribution in [0.4, 0.5) is 5.69 Å². The zero-order valence-electron chi connectivity index (χ0n) is 11.9. The molecule has 0 aliphatic heterocycles. The van der Waals surface area contributed by atoms with Crippen LogP contribution < -0.4 is 14.8 Å². The molecule has 2 rings (SSSR count). The Morgan fingerprint density at radius 3 is 2.43 bits per heavy atom. The van der Waals surface area contributed by atoms with E-state index < -0.39 is 0 Å². The number of rotatable bonds is 5. The molecule has 0 aromatic heterocycles. The van der Waals surface area contributed by atoms with E-state index in [1.807, 2.05) is 12.1 Å². The van der Waals surface area contributed by atoms with Gasteiger partial charge >= 0.3 is 0 Å². The van der Waals surface area contributed by atoms with E-state index in [4.69, 9.17) is 21.1 Å². The lowest BCUT2D eigenvalue weighted by Crippen LogP contribution is -2.15. The predicted molar refractivity (Wildman–Crippen MR) is 83.3 cm³/mol. The SMILES string of the molecule is COc1ccc(NC(=O)Cc2ccc(Cl)cc2)c(OC)c1. The molecule has 2 aromatic carbocycles. The Bertz CT molecular complexity index is 626. The van der Waals surface area contributed by atoms with E-state index in [1.54, 1.807) is 44.6 Å². The molecule has 0 spiro atoms. The lowest BCUT2D eigenvalue weighted by Gasteiger charge is -2.11. The van der Waals surface area contributed by atoms with E-state index in [0.717, 1.165) is 5.56 Å². The van der Waals surface area contributed by atoms with Crippen molar-refractivity contribution >= 4 is 23.2 Å². The predicted octanol–water partition coefficient (Wildman–Crippen LogP) is 3.54. The molecule has 0 aliphatic rings. The second-order valence-electron chi connectivity index (χ2n) is 4.42. The van der Waals surface area contributed by atoms with Gasteiger partial charge in [-0.3, -0.25) is 4.79 Å². The molecule has 0 fully saturated rings. The summed E-state index contributed by atoms with van der Waals surface area (Å²) in [5, 5.41) is 3.47. The van der Waals surface area contributed by atoms with Crippen molar-refractivity contribution < 1.29 is 14.3 Å². The number of anilines is 1. The molecule has 0 atom stereocenters.